The van der Waals surface area contributed by atoms with Crippen molar-refractivity contribution >= 4 is 45.8 Å². The minimum absolute atomic E-state index is 0.0275. The Morgan fingerprint density at radius 1 is 1.17 bits per heavy atom. The van der Waals surface area contributed by atoms with Crippen molar-refractivity contribution in [3.63, 3.8) is 0 Å². The van der Waals surface area contributed by atoms with Gasteiger partial charge in [-0.3, -0.25) is 9.59 Å². The van der Waals surface area contributed by atoms with Crippen LogP contribution in [-0.4, -0.2) is 23.3 Å². The van der Waals surface area contributed by atoms with Crippen LogP contribution in [0.15, 0.2) is 35.0 Å². The van der Waals surface area contributed by atoms with Crippen LogP contribution in [0, 0.1) is 6.92 Å². The molecule has 3 aromatic rings. The van der Waals surface area contributed by atoms with Crippen LogP contribution in [0.4, 0.5) is 0 Å². The second kappa shape index (κ2) is 7.69. The van der Waals surface area contributed by atoms with Crippen molar-refractivity contribution in [2.45, 2.75) is 13.5 Å². The fourth-order valence-electron chi connectivity index (χ4n) is 1.99. The Labute approximate surface area is 151 Å². The second-order valence-electron chi connectivity index (χ2n) is 4.95. The maximum Gasteiger partial charge on any atom is 0.261 e. The number of nitrogens with one attached hydrogen (secondary N) is 2. The summed E-state index contributed by atoms with van der Waals surface area (Å²) in [6, 6.07) is 7.53. The normalized spacial score (nSPS) is 10.5. The van der Waals surface area contributed by atoms with Crippen molar-refractivity contribution in [3.8, 4) is 10.6 Å². The summed E-state index contributed by atoms with van der Waals surface area (Å²) < 4.78 is 0. The Balaban J connectivity index is 1.46. The standard InChI is InChI=1S/C16H15N3O2S3/c1-10-19-12(9-23-10)13-5-4-11(24-13)7-17-15(20)8-18-16(21)14-3-2-6-22-14/h2-6,9H,7-8H2,1H3,(H,17,20)(H,18,21). The Morgan fingerprint density at radius 3 is 2.75 bits per heavy atom. The summed E-state index contributed by atoms with van der Waals surface area (Å²) >= 11 is 4.58. The van der Waals surface area contributed by atoms with Gasteiger partial charge in [0.15, 0.2) is 0 Å². The van der Waals surface area contributed by atoms with Gasteiger partial charge in [0, 0.05) is 10.3 Å². The van der Waals surface area contributed by atoms with Gasteiger partial charge in [-0.05, 0) is 30.5 Å². The van der Waals surface area contributed by atoms with Crippen molar-refractivity contribution in [1.29, 1.82) is 0 Å². The summed E-state index contributed by atoms with van der Waals surface area (Å²) in [5.74, 6) is -0.433. The molecule has 124 valence electrons. The molecule has 3 rings (SSSR count). The molecule has 0 fully saturated rings. The second-order valence-corrected chi connectivity index (χ2v) is 8.13. The quantitative estimate of drug-likeness (QED) is 0.692. The Bertz CT molecular complexity index is 837. The van der Waals surface area contributed by atoms with E-state index in [9.17, 15) is 9.59 Å². The minimum atomic E-state index is -0.225. The van der Waals surface area contributed by atoms with Crippen LogP contribution in [0.2, 0.25) is 0 Å². The van der Waals surface area contributed by atoms with E-state index in [1.54, 1.807) is 34.8 Å². The number of amides is 2. The molecular formula is C16H15N3O2S3. The van der Waals surface area contributed by atoms with Crippen molar-refractivity contribution in [1.82, 2.24) is 15.6 Å². The van der Waals surface area contributed by atoms with E-state index in [4.69, 9.17) is 0 Å². The number of carbonyl (C=O) groups is 2. The lowest BCUT2D eigenvalue weighted by Crippen LogP contribution is -2.36. The average molecular weight is 378 g/mol. The van der Waals surface area contributed by atoms with Gasteiger partial charge in [0.25, 0.3) is 5.91 Å². The Kier molecular flexibility index (Phi) is 5.39. The molecule has 3 aromatic heterocycles. The zero-order valence-corrected chi connectivity index (χ0v) is 15.3. The zero-order chi connectivity index (χ0) is 16.9. The topological polar surface area (TPSA) is 71.1 Å². The zero-order valence-electron chi connectivity index (χ0n) is 12.9. The summed E-state index contributed by atoms with van der Waals surface area (Å²) in [4.78, 5) is 30.8. The molecule has 0 aliphatic rings. The molecule has 0 aliphatic heterocycles. The van der Waals surface area contributed by atoms with E-state index in [1.165, 1.54) is 11.3 Å². The van der Waals surface area contributed by atoms with E-state index in [0.29, 0.717) is 11.4 Å². The van der Waals surface area contributed by atoms with E-state index >= 15 is 0 Å². The van der Waals surface area contributed by atoms with E-state index in [0.717, 1.165) is 20.5 Å². The highest BCUT2D eigenvalue weighted by Gasteiger charge is 2.10. The van der Waals surface area contributed by atoms with Gasteiger partial charge < -0.3 is 10.6 Å². The first-order chi connectivity index (χ1) is 11.6. The van der Waals surface area contributed by atoms with Crippen molar-refractivity contribution in [2.75, 3.05) is 6.54 Å². The first-order valence-corrected chi connectivity index (χ1v) is 9.79. The predicted octanol–water partition coefficient (Wildman–Crippen LogP) is 3.29. The van der Waals surface area contributed by atoms with E-state index in [-0.39, 0.29) is 18.4 Å². The van der Waals surface area contributed by atoms with Crippen LogP contribution in [-0.2, 0) is 11.3 Å². The van der Waals surface area contributed by atoms with Crippen LogP contribution in [0.25, 0.3) is 10.6 Å². The molecule has 3 heterocycles. The lowest BCUT2D eigenvalue weighted by molar-refractivity contribution is -0.120. The molecule has 0 saturated heterocycles. The molecule has 2 amide bonds. The number of thiazole rings is 1. The van der Waals surface area contributed by atoms with Gasteiger partial charge in [0.05, 0.1) is 33.5 Å². The first kappa shape index (κ1) is 16.8. The van der Waals surface area contributed by atoms with Crippen LogP contribution in [0.1, 0.15) is 19.6 Å². The highest BCUT2D eigenvalue weighted by Crippen LogP contribution is 2.28. The Hall–Kier alpha value is -2.03. The maximum atomic E-state index is 11.8. The SMILES string of the molecule is Cc1nc(-c2ccc(CNC(=O)CNC(=O)c3cccs3)s2)cs1. The van der Waals surface area contributed by atoms with E-state index in [1.807, 2.05) is 29.8 Å². The van der Waals surface area contributed by atoms with Gasteiger partial charge in [0.1, 0.15) is 0 Å². The summed E-state index contributed by atoms with van der Waals surface area (Å²) in [5, 5.41) is 10.3. The van der Waals surface area contributed by atoms with Gasteiger partial charge in [0.2, 0.25) is 5.91 Å². The van der Waals surface area contributed by atoms with Crippen molar-refractivity contribution in [2.24, 2.45) is 0 Å². The van der Waals surface area contributed by atoms with Gasteiger partial charge in [-0.25, -0.2) is 4.98 Å². The van der Waals surface area contributed by atoms with Crippen molar-refractivity contribution in [3.05, 3.63) is 49.8 Å². The number of hydrogen-bond acceptors (Lipinski definition) is 6. The van der Waals surface area contributed by atoms with Crippen LogP contribution in [0.3, 0.4) is 0 Å². The Morgan fingerprint density at radius 2 is 2.04 bits per heavy atom. The lowest BCUT2D eigenvalue weighted by atomic mass is 10.3. The number of nitrogens with zero attached hydrogens (tertiary/aromatic N) is 1. The third-order valence-electron chi connectivity index (χ3n) is 3.15. The molecule has 0 aromatic carbocycles. The molecule has 0 unspecified atom stereocenters. The van der Waals surface area contributed by atoms with Gasteiger partial charge >= 0.3 is 0 Å². The minimum Gasteiger partial charge on any atom is -0.350 e. The maximum absolute atomic E-state index is 11.8. The number of aromatic nitrogens is 1. The van der Waals surface area contributed by atoms with Gasteiger partial charge in [-0.1, -0.05) is 6.07 Å². The number of hydrogen-bond donors (Lipinski definition) is 2. The fourth-order valence-corrected chi connectivity index (χ4v) is 4.23. The number of rotatable bonds is 6. The lowest BCUT2D eigenvalue weighted by Gasteiger charge is -2.05. The first-order valence-electron chi connectivity index (χ1n) is 7.21. The van der Waals surface area contributed by atoms with Gasteiger partial charge in [-0.2, -0.15) is 0 Å². The molecule has 0 radical (unpaired) electrons. The van der Waals surface area contributed by atoms with E-state index in [2.05, 4.69) is 15.6 Å². The summed E-state index contributed by atoms with van der Waals surface area (Å²) in [5.41, 5.74) is 0.975. The summed E-state index contributed by atoms with van der Waals surface area (Å²) in [6.07, 6.45) is 0. The third kappa shape index (κ3) is 4.28. The van der Waals surface area contributed by atoms with Crippen LogP contribution >= 0.6 is 34.0 Å². The predicted molar refractivity (Wildman–Crippen MR) is 98.7 cm³/mol. The molecule has 0 aliphatic carbocycles. The molecule has 5 nitrogen and oxygen atoms in total. The smallest absolute Gasteiger partial charge is 0.261 e. The van der Waals surface area contributed by atoms with Crippen molar-refractivity contribution < 1.29 is 9.59 Å². The highest BCUT2D eigenvalue weighted by atomic mass is 32.1. The average Bonchev–Trinajstić information content (AvgIpc) is 3.30. The van der Waals surface area contributed by atoms with Crippen LogP contribution < -0.4 is 10.6 Å². The number of thiophene rings is 2. The molecule has 2 N–H and O–H groups in total. The molecule has 8 heteroatoms. The summed E-state index contributed by atoms with van der Waals surface area (Å²) in [6.45, 7) is 2.40. The largest absolute Gasteiger partial charge is 0.350 e. The van der Waals surface area contributed by atoms with Crippen LogP contribution in [0.5, 0.6) is 0 Å². The highest BCUT2D eigenvalue weighted by molar-refractivity contribution is 7.16. The molecule has 0 atom stereocenters. The molecular weight excluding hydrogens is 362 g/mol. The van der Waals surface area contributed by atoms with E-state index < -0.39 is 0 Å². The molecule has 0 bridgehead atoms. The van der Waals surface area contributed by atoms with Gasteiger partial charge in [-0.15, -0.1) is 34.0 Å². The summed E-state index contributed by atoms with van der Waals surface area (Å²) in [7, 11) is 0. The molecule has 0 saturated carbocycles. The fraction of sp³-hybridized carbons (Fsp3) is 0.188. The monoisotopic (exact) mass is 377 g/mol. The third-order valence-corrected chi connectivity index (χ3v) is 5.90. The molecule has 24 heavy (non-hydrogen) atoms. The number of aryl methyl sites for hydroxylation is 1. The number of carbonyl (C=O) groups excluding carboxylic acids is 2. The molecule has 0 spiro atoms.